The fraction of sp³-hybridized carbons (Fsp3) is 0.300. The molecule has 2 aromatic rings. The van der Waals surface area contributed by atoms with Crippen LogP contribution in [0, 0.1) is 0 Å². The maximum Gasteiger partial charge on any atom is 0.0942 e. The monoisotopic (exact) mass is 295 g/mol. The fourth-order valence-corrected chi connectivity index (χ4v) is 2.67. The summed E-state index contributed by atoms with van der Waals surface area (Å²) in [7, 11) is 0. The van der Waals surface area contributed by atoms with Crippen LogP contribution in [0.4, 0.5) is 0 Å². The molecule has 0 heterocycles. The van der Waals surface area contributed by atoms with Crippen molar-refractivity contribution in [1.29, 1.82) is 0 Å². The minimum Gasteiger partial charge on any atom is -0.387 e. The quantitative estimate of drug-likeness (QED) is 0.824. The Kier molecular flexibility index (Phi) is 5.93. The summed E-state index contributed by atoms with van der Waals surface area (Å²) in [6, 6.07) is 18.3. The molecule has 0 aromatic heterocycles. The van der Waals surface area contributed by atoms with Gasteiger partial charge in [-0.2, -0.15) is 0 Å². The van der Waals surface area contributed by atoms with Crippen LogP contribution in [0.2, 0.25) is 0 Å². The Balaban J connectivity index is 2.07. The zero-order chi connectivity index (χ0) is 15.9. The average Bonchev–Trinajstić information content (AvgIpc) is 2.59. The summed E-state index contributed by atoms with van der Waals surface area (Å²) in [5.74, 6) is 0. The van der Waals surface area contributed by atoms with Crippen LogP contribution < -0.4 is 0 Å². The Morgan fingerprint density at radius 1 is 1.09 bits per heavy atom. The number of benzene rings is 2. The first kappa shape index (κ1) is 16.5. The van der Waals surface area contributed by atoms with Crippen molar-refractivity contribution in [3.8, 4) is 0 Å². The molecule has 2 atom stereocenters. The van der Waals surface area contributed by atoms with E-state index in [4.69, 9.17) is 0 Å². The van der Waals surface area contributed by atoms with Crippen LogP contribution in [0.3, 0.4) is 0 Å². The second-order valence-electron chi connectivity index (χ2n) is 5.60. The lowest BCUT2D eigenvalue weighted by atomic mass is 10.0. The summed E-state index contributed by atoms with van der Waals surface area (Å²) in [6.45, 7) is 9.72. The van der Waals surface area contributed by atoms with E-state index in [9.17, 15) is 5.11 Å². The predicted molar refractivity (Wildman–Crippen MR) is 93.5 cm³/mol. The number of nitrogens with zero attached hydrogens (tertiary/aromatic N) is 1. The number of hydrogen-bond donors (Lipinski definition) is 1. The minimum atomic E-state index is -0.478. The van der Waals surface area contributed by atoms with E-state index in [-0.39, 0.29) is 6.04 Å². The molecule has 116 valence electrons. The van der Waals surface area contributed by atoms with Crippen molar-refractivity contribution in [2.45, 2.75) is 32.5 Å². The van der Waals surface area contributed by atoms with Crippen LogP contribution in [-0.2, 0) is 6.54 Å². The van der Waals surface area contributed by atoms with Crippen LogP contribution in [0.25, 0.3) is 6.08 Å². The largest absolute Gasteiger partial charge is 0.387 e. The van der Waals surface area contributed by atoms with Gasteiger partial charge in [-0.3, -0.25) is 4.90 Å². The van der Waals surface area contributed by atoms with Gasteiger partial charge in [-0.05, 0) is 30.2 Å². The lowest BCUT2D eigenvalue weighted by Crippen LogP contribution is -2.37. The van der Waals surface area contributed by atoms with Crippen LogP contribution in [0.15, 0.2) is 61.2 Å². The zero-order valence-corrected chi connectivity index (χ0v) is 13.4. The molecule has 1 N–H and O–H groups in total. The molecule has 2 rings (SSSR count). The molecule has 2 aromatic carbocycles. The molecule has 0 saturated carbocycles. The van der Waals surface area contributed by atoms with Crippen molar-refractivity contribution in [1.82, 2.24) is 4.90 Å². The summed E-state index contributed by atoms with van der Waals surface area (Å²) in [5, 5.41) is 10.6. The highest BCUT2D eigenvalue weighted by Crippen LogP contribution is 2.22. The molecule has 0 aliphatic rings. The predicted octanol–water partition coefficient (Wildman–Crippen LogP) is 4.27. The van der Waals surface area contributed by atoms with Crippen LogP contribution in [0.1, 0.15) is 36.6 Å². The molecular formula is C20H25NO. The molecule has 2 nitrogen and oxygen atoms in total. The first-order chi connectivity index (χ1) is 10.7. The summed E-state index contributed by atoms with van der Waals surface area (Å²) in [4.78, 5) is 2.29. The van der Waals surface area contributed by atoms with E-state index < -0.39 is 6.10 Å². The molecule has 0 bridgehead atoms. The van der Waals surface area contributed by atoms with Crippen LogP contribution >= 0.6 is 0 Å². The first-order valence-corrected chi connectivity index (χ1v) is 7.84. The number of rotatable bonds is 7. The van der Waals surface area contributed by atoms with Gasteiger partial charge in [0, 0.05) is 12.6 Å². The SMILES string of the molecule is C=Cc1ccc(CN(CC)[C@H](C)[C@@H](O)c2ccccc2)cc1. The van der Waals surface area contributed by atoms with Gasteiger partial charge in [0.05, 0.1) is 6.10 Å². The fourth-order valence-electron chi connectivity index (χ4n) is 2.67. The van der Waals surface area contributed by atoms with Gasteiger partial charge in [-0.15, -0.1) is 0 Å². The summed E-state index contributed by atoms with van der Waals surface area (Å²) < 4.78 is 0. The van der Waals surface area contributed by atoms with Crippen LogP contribution in [0.5, 0.6) is 0 Å². The van der Waals surface area contributed by atoms with Gasteiger partial charge in [-0.1, -0.05) is 74.2 Å². The third kappa shape index (κ3) is 4.06. The molecule has 0 amide bonds. The molecular weight excluding hydrogens is 270 g/mol. The summed E-state index contributed by atoms with van der Waals surface area (Å²) in [6.07, 6.45) is 1.37. The molecule has 22 heavy (non-hydrogen) atoms. The molecule has 0 spiro atoms. The zero-order valence-electron chi connectivity index (χ0n) is 13.4. The smallest absolute Gasteiger partial charge is 0.0942 e. The number of likely N-dealkylation sites (N-methyl/N-ethyl adjacent to an activating group) is 1. The van der Waals surface area contributed by atoms with Crippen molar-refractivity contribution >= 4 is 6.08 Å². The average molecular weight is 295 g/mol. The lowest BCUT2D eigenvalue weighted by molar-refractivity contribution is 0.0564. The van der Waals surface area contributed by atoms with E-state index in [1.165, 1.54) is 5.56 Å². The number of hydrogen-bond acceptors (Lipinski definition) is 2. The minimum absolute atomic E-state index is 0.0616. The highest BCUT2D eigenvalue weighted by molar-refractivity contribution is 5.47. The van der Waals surface area contributed by atoms with E-state index in [1.54, 1.807) is 0 Å². The van der Waals surface area contributed by atoms with Gasteiger partial charge in [0.1, 0.15) is 0 Å². The van der Waals surface area contributed by atoms with Crippen LogP contribution in [-0.4, -0.2) is 22.6 Å². The molecule has 0 fully saturated rings. The second-order valence-corrected chi connectivity index (χ2v) is 5.60. The molecule has 2 heteroatoms. The maximum atomic E-state index is 10.6. The van der Waals surface area contributed by atoms with Gasteiger partial charge < -0.3 is 5.11 Å². The highest BCUT2D eigenvalue weighted by atomic mass is 16.3. The van der Waals surface area contributed by atoms with Crippen molar-refractivity contribution in [3.05, 3.63) is 77.9 Å². The van der Waals surface area contributed by atoms with E-state index in [0.717, 1.165) is 24.2 Å². The first-order valence-electron chi connectivity index (χ1n) is 7.84. The van der Waals surface area contributed by atoms with E-state index >= 15 is 0 Å². The van der Waals surface area contributed by atoms with Gasteiger partial charge in [0.25, 0.3) is 0 Å². The topological polar surface area (TPSA) is 23.5 Å². The molecule has 0 radical (unpaired) electrons. The van der Waals surface area contributed by atoms with Crippen molar-refractivity contribution in [2.75, 3.05) is 6.54 Å². The Morgan fingerprint density at radius 3 is 2.27 bits per heavy atom. The van der Waals surface area contributed by atoms with Gasteiger partial charge in [0.2, 0.25) is 0 Å². The third-order valence-electron chi connectivity index (χ3n) is 4.18. The molecule has 0 aliphatic heterocycles. The second kappa shape index (κ2) is 7.92. The Morgan fingerprint density at radius 2 is 1.73 bits per heavy atom. The van der Waals surface area contributed by atoms with E-state index in [2.05, 4.69) is 49.6 Å². The Labute approximate surface area is 133 Å². The van der Waals surface area contributed by atoms with Gasteiger partial charge in [0.15, 0.2) is 0 Å². The van der Waals surface area contributed by atoms with Crippen molar-refractivity contribution < 1.29 is 5.11 Å². The summed E-state index contributed by atoms with van der Waals surface area (Å²) in [5.41, 5.74) is 3.35. The summed E-state index contributed by atoms with van der Waals surface area (Å²) >= 11 is 0. The Bertz CT molecular complexity index is 576. The third-order valence-corrected chi connectivity index (χ3v) is 4.18. The van der Waals surface area contributed by atoms with E-state index in [0.29, 0.717) is 0 Å². The van der Waals surface area contributed by atoms with E-state index in [1.807, 2.05) is 36.4 Å². The molecule has 0 saturated heterocycles. The standard InChI is InChI=1S/C20H25NO/c1-4-17-11-13-18(14-12-17)15-21(5-2)16(3)20(22)19-9-7-6-8-10-19/h4,6-14,16,20,22H,1,5,15H2,2-3H3/t16-,20-/m1/s1. The maximum absolute atomic E-state index is 10.6. The van der Waals surface area contributed by atoms with Crippen molar-refractivity contribution in [2.24, 2.45) is 0 Å². The normalized spacial score (nSPS) is 13.8. The lowest BCUT2D eigenvalue weighted by Gasteiger charge is -2.31. The van der Waals surface area contributed by atoms with Gasteiger partial charge in [-0.25, -0.2) is 0 Å². The highest BCUT2D eigenvalue weighted by Gasteiger charge is 2.22. The van der Waals surface area contributed by atoms with Crippen molar-refractivity contribution in [3.63, 3.8) is 0 Å². The number of aliphatic hydroxyl groups excluding tert-OH is 1. The molecule has 0 unspecified atom stereocenters. The number of aliphatic hydroxyl groups is 1. The Hall–Kier alpha value is -1.90. The van der Waals surface area contributed by atoms with Gasteiger partial charge >= 0.3 is 0 Å². The molecule has 0 aliphatic carbocycles.